The third-order valence-electron chi connectivity index (χ3n) is 4.02. The van der Waals surface area contributed by atoms with E-state index < -0.39 is 10.1 Å². The van der Waals surface area contributed by atoms with Crippen molar-refractivity contribution in [3.8, 4) is 0 Å². The predicted octanol–water partition coefficient (Wildman–Crippen LogP) is 2.49. The highest BCUT2D eigenvalue weighted by atomic mass is 32.2. The molecule has 0 aromatic rings. The lowest BCUT2D eigenvalue weighted by Crippen LogP contribution is -2.23. The maximum absolute atomic E-state index is 11.8. The molecule has 21 heavy (non-hydrogen) atoms. The molecule has 0 radical (unpaired) electrons. The van der Waals surface area contributed by atoms with Gasteiger partial charge in [0.2, 0.25) is 0 Å². The highest BCUT2D eigenvalue weighted by Crippen LogP contribution is 2.26. The van der Waals surface area contributed by atoms with Gasteiger partial charge in [0.1, 0.15) is 11.5 Å². The van der Waals surface area contributed by atoms with Gasteiger partial charge < -0.3 is 4.55 Å². The van der Waals surface area contributed by atoms with E-state index in [0.29, 0.717) is 29.0 Å². The molecule has 2 fully saturated rings. The van der Waals surface area contributed by atoms with Crippen LogP contribution in [0.15, 0.2) is 0 Å². The van der Waals surface area contributed by atoms with E-state index in [4.69, 9.17) is 0 Å². The van der Waals surface area contributed by atoms with Crippen molar-refractivity contribution in [2.24, 2.45) is 5.92 Å². The van der Waals surface area contributed by atoms with Crippen molar-refractivity contribution in [3.63, 3.8) is 0 Å². The molecule has 0 N–H and O–H groups in total. The molecule has 0 aromatic carbocycles. The number of hydrogen-bond donors (Lipinski definition) is 0. The molecule has 2 aliphatic rings. The molecular formula is C15H28O4S2. The van der Waals surface area contributed by atoms with Crippen LogP contribution in [-0.4, -0.2) is 41.8 Å². The zero-order valence-electron chi connectivity index (χ0n) is 13.0. The van der Waals surface area contributed by atoms with Crippen LogP contribution >= 0.6 is 0 Å². The van der Waals surface area contributed by atoms with Crippen LogP contribution in [0.25, 0.3) is 0 Å². The number of hydrogen-bond acceptors (Lipinski definition) is 4. The van der Waals surface area contributed by atoms with Crippen molar-refractivity contribution in [2.45, 2.75) is 58.3 Å². The van der Waals surface area contributed by atoms with Gasteiger partial charge in [-0.3, -0.25) is 4.79 Å². The van der Waals surface area contributed by atoms with Gasteiger partial charge in [0.25, 0.3) is 0 Å². The molecule has 0 bridgehead atoms. The third-order valence-corrected chi connectivity index (χ3v) is 7.23. The van der Waals surface area contributed by atoms with Crippen LogP contribution in [0, 0.1) is 5.92 Å². The van der Waals surface area contributed by atoms with Gasteiger partial charge in [-0.1, -0.05) is 26.2 Å². The Kier molecular flexibility index (Phi) is 8.90. The second kappa shape index (κ2) is 9.85. The van der Waals surface area contributed by atoms with Crippen LogP contribution < -0.4 is 0 Å². The standard InChI is InChI=1S/C11H19OS.C4H10O3S/c12-11(10-5-1-2-6-10)9-13-7-3-4-8-13;1-2-3-4-8(5,6)7/h10H,1-9H2;2-4H2,1H3,(H,5,6,7)/q+1;/p-1. The van der Waals surface area contributed by atoms with E-state index in [2.05, 4.69) is 0 Å². The lowest BCUT2D eigenvalue weighted by molar-refractivity contribution is -0.120. The van der Waals surface area contributed by atoms with Gasteiger partial charge in [-0.15, -0.1) is 0 Å². The second-order valence-corrected chi connectivity index (χ2v) is 9.79. The molecule has 1 heterocycles. The highest BCUT2D eigenvalue weighted by Gasteiger charge is 2.31. The second-order valence-electron chi connectivity index (χ2n) is 5.94. The first-order chi connectivity index (χ1) is 9.92. The van der Waals surface area contributed by atoms with Crippen molar-refractivity contribution in [2.75, 3.05) is 23.0 Å². The van der Waals surface area contributed by atoms with Gasteiger partial charge in [-0.05, 0) is 43.0 Å². The summed E-state index contributed by atoms with van der Waals surface area (Å²) in [5.74, 6) is 4.47. The molecule has 0 atom stereocenters. The molecule has 1 aliphatic heterocycles. The Morgan fingerprint density at radius 3 is 2.14 bits per heavy atom. The van der Waals surface area contributed by atoms with E-state index >= 15 is 0 Å². The Labute approximate surface area is 132 Å². The first kappa shape index (κ1) is 19.0. The highest BCUT2D eigenvalue weighted by molar-refractivity contribution is 7.97. The van der Waals surface area contributed by atoms with Gasteiger partial charge in [0.05, 0.1) is 10.1 Å². The van der Waals surface area contributed by atoms with E-state index in [9.17, 15) is 17.8 Å². The quantitative estimate of drug-likeness (QED) is 0.552. The van der Waals surface area contributed by atoms with Crippen LogP contribution in [0.3, 0.4) is 0 Å². The summed E-state index contributed by atoms with van der Waals surface area (Å²) >= 11 is 0. The molecule has 0 spiro atoms. The summed E-state index contributed by atoms with van der Waals surface area (Å²) in [7, 11) is -3.44. The first-order valence-electron chi connectivity index (χ1n) is 8.02. The number of carbonyl (C=O) groups is 1. The Balaban J connectivity index is 0.000000240. The number of ketones is 1. The fraction of sp³-hybridized carbons (Fsp3) is 0.933. The van der Waals surface area contributed by atoms with E-state index in [1.54, 1.807) is 0 Å². The van der Waals surface area contributed by atoms with Crippen LogP contribution in [0.5, 0.6) is 0 Å². The van der Waals surface area contributed by atoms with E-state index in [0.717, 1.165) is 12.2 Å². The predicted molar refractivity (Wildman–Crippen MR) is 87.6 cm³/mol. The Morgan fingerprint density at radius 2 is 1.71 bits per heavy atom. The lowest BCUT2D eigenvalue weighted by Gasteiger charge is -2.06. The van der Waals surface area contributed by atoms with Crippen LogP contribution in [0.2, 0.25) is 0 Å². The zero-order valence-corrected chi connectivity index (χ0v) is 14.6. The van der Waals surface area contributed by atoms with E-state index in [1.165, 1.54) is 50.0 Å². The van der Waals surface area contributed by atoms with Crippen molar-refractivity contribution in [3.05, 3.63) is 0 Å². The van der Waals surface area contributed by atoms with Gasteiger partial charge >= 0.3 is 0 Å². The monoisotopic (exact) mass is 336 g/mol. The maximum atomic E-state index is 11.8. The molecule has 0 unspecified atom stereocenters. The minimum absolute atomic E-state index is 0.219. The fourth-order valence-corrected chi connectivity index (χ4v) is 5.74. The van der Waals surface area contributed by atoms with Gasteiger partial charge in [-0.2, -0.15) is 0 Å². The minimum Gasteiger partial charge on any atom is -0.748 e. The largest absolute Gasteiger partial charge is 0.748 e. The summed E-state index contributed by atoms with van der Waals surface area (Å²) in [6.45, 7) is 1.84. The molecule has 1 saturated carbocycles. The maximum Gasteiger partial charge on any atom is 0.184 e. The summed E-state index contributed by atoms with van der Waals surface area (Å²) < 4.78 is 29.5. The van der Waals surface area contributed by atoms with E-state index in [-0.39, 0.29) is 5.75 Å². The fourth-order valence-electron chi connectivity index (χ4n) is 2.75. The molecule has 6 heteroatoms. The van der Waals surface area contributed by atoms with E-state index in [1.807, 2.05) is 6.92 Å². The first-order valence-corrected chi connectivity index (χ1v) is 11.3. The average Bonchev–Trinajstić information content (AvgIpc) is 3.08. The Morgan fingerprint density at radius 1 is 1.14 bits per heavy atom. The molecule has 4 nitrogen and oxygen atoms in total. The van der Waals surface area contributed by atoms with Crippen molar-refractivity contribution >= 4 is 26.8 Å². The van der Waals surface area contributed by atoms with Gasteiger partial charge in [-0.25, -0.2) is 8.42 Å². The molecule has 1 saturated heterocycles. The minimum atomic E-state index is -3.94. The van der Waals surface area contributed by atoms with Gasteiger partial charge in [0.15, 0.2) is 11.5 Å². The Bertz CT molecular complexity index is 394. The lowest BCUT2D eigenvalue weighted by atomic mass is 10.0. The van der Waals surface area contributed by atoms with Crippen molar-refractivity contribution in [1.29, 1.82) is 0 Å². The molecule has 1 aliphatic carbocycles. The number of rotatable bonds is 6. The van der Waals surface area contributed by atoms with Crippen LogP contribution in [-0.2, 0) is 25.8 Å². The molecule has 0 aromatic heterocycles. The topological polar surface area (TPSA) is 74.3 Å². The summed E-state index contributed by atoms with van der Waals surface area (Å²) in [4.78, 5) is 11.8. The number of Topliss-reactive ketones (excluding diaryl/α,β-unsaturated/α-hetero) is 1. The van der Waals surface area contributed by atoms with Crippen LogP contribution in [0.4, 0.5) is 0 Å². The third kappa shape index (κ3) is 8.83. The summed E-state index contributed by atoms with van der Waals surface area (Å²) in [6.07, 6.45) is 8.95. The van der Waals surface area contributed by atoms with Crippen molar-refractivity contribution < 1.29 is 17.8 Å². The molecule has 0 amide bonds. The smallest absolute Gasteiger partial charge is 0.184 e. The summed E-state index contributed by atoms with van der Waals surface area (Å²) in [5.41, 5.74) is 0. The normalized spacial score (nSPS) is 20.3. The van der Waals surface area contributed by atoms with Crippen molar-refractivity contribution in [1.82, 2.24) is 0 Å². The molecular weight excluding hydrogens is 308 g/mol. The molecule has 2 rings (SSSR count). The number of unbranched alkanes of at least 4 members (excludes halogenated alkanes) is 1. The molecule has 124 valence electrons. The zero-order chi connectivity index (χ0) is 15.7. The number of carbonyl (C=O) groups excluding carboxylic acids is 1. The Hall–Kier alpha value is -0.0700. The SMILES string of the molecule is CCCCS(=O)(=O)[O-].O=C(C[S+]1CCCC1)C1CCCC1. The summed E-state index contributed by atoms with van der Waals surface area (Å²) in [6, 6.07) is 0. The average molecular weight is 337 g/mol. The summed E-state index contributed by atoms with van der Waals surface area (Å²) in [5, 5.41) is 0. The van der Waals surface area contributed by atoms with Gasteiger partial charge in [0, 0.05) is 11.7 Å². The van der Waals surface area contributed by atoms with Crippen LogP contribution in [0.1, 0.15) is 58.3 Å².